The first-order valence-electron chi connectivity index (χ1n) is 5.38. The van der Waals surface area contributed by atoms with Crippen LogP contribution in [0, 0.1) is 12.7 Å². The van der Waals surface area contributed by atoms with Crippen LogP contribution in [0.5, 0.6) is 11.5 Å². The smallest absolute Gasteiger partial charge is 0.131 e. The number of benzene rings is 2. The molecule has 18 heavy (non-hydrogen) atoms. The lowest BCUT2D eigenvalue weighted by atomic mass is 10.2. The Kier molecular flexibility index (Phi) is 4.10. The maximum atomic E-state index is 13.3. The fourth-order valence-corrected chi connectivity index (χ4v) is 1.88. The molecule has 0 aliphatic heterocycles. The fourth-order valence-electron chi connectivity index (χ4n) is 1.57. The molecule has 0 unspecified atom stereocenters. The number of hydrogen-bond donors (Lipinski definition) is 0. The lowest BCUT2D eigenvalue weighted by molar-refractivity contribution is 0.472. The van der Waals surface area contributed by atoms with Crippen LogP contribution in [0.2, 0.25) is 5.02 Å². The number of alkyl halides is 1. The molecule has 0 fully saturated rings. The van der Waals surface area contributed by atoms with Gasteiger partial charge in [-0.05, 0) is 42.3 Å². The predicted octanol–water partition coefficient (Wildman–Crippen LogP) is 5.32. The minimum atomic E-state index is -0.372. The van der Waals surface area contributed by atoms with Crippen molar-refractivity contribution in [2.45, 2.75) is 12.8 Å². The quantitative estimate of drug-likeness (QED) is 0.693. The van der Waals surface area contributed by atoms with Crippen molar-refractivity contribution in [1.29, 1.82) is 0 Å². The highest BCUT2D eigenvalue weighted by atomic mass is 35.5. The van der Waals surface area contributed by atoms with Crippen LogP contribution in [-0.2, 0) is 5.88 Å². The zero-order valence-electron chi connectivity index (χ0n) is 9.71. The van der Waals surface area contributed by atoms with E-state index in [1.165, 1.54) is 12.1 Å². The van der Waals surface area contributed by atoms with E-state index in [1.807, 2.05) is 13.0 Å². The van der Waals surface area contributed by atoms with Crippen LogP contribution in [-0.4, -0.2) is 0 Å². The average Bonchev–Trinajstić information content (AvgIpc) is 2.33. The Morgan fingerprint density at radius 2 is 1.94 bits per heavy atom. The third kappa shape index (κ3) is 3.15. The van der Waals surface area contributed by atoms with Gasteiger partial charge in [0.15, 0.2) is 0 Å². The lowest BCUT2D eigenvalue weighted by Crippen LogP contribution is -1.90. The van der Waals surface area contributed by atoms with E-state index in [0.717, 1.165) is 5.56 Å². The second-order valence-corrected chi connectivity index (χ2v) is 4.64. The summed E-state index contributed by atoms with van der Waals surface area (Å²) in [6.07, 6.45) is 0. The lowest BCUT2D eigenvalue weighted by Gasteiger charge is -2.10. The molecule has 0 heterocycles. The molecule has 94 valence electrons. The van der Waals surface area contributed by atoms with Crippen LogP contribution in [0.25, 0.3) is 0 Å². The summed E-state index contributed by atoms with van der Waals surface area (Å²) >= 11 is 11.6. The van der Waals surface area contributed by atoms with Crippen molar-refractivity contribution in [3.8, 4) is 11.5 Å². The number of rotatable bonds is 3. The summed E-state index contributed by atoms with van der Waals surface area (Å²) in [5.41, 5.74) is 1.60. The van der Waals surface area contributed by atoms with Gasteiger partial charge in [-0.3, -0.25) is 0 Å². The molecule has 0 aliphatic carbocycles. The second kappa shape index (κ2) is 5.59. The number of aryl methyl sites for hydroxylation is 1. The standard InChI is InChI=1S/C14H11Cl2FO/c1-9-2-3-11(16)6-14(9)18-13-5-10(8-15)4-12(17)7-13/h2-7H,8H2,1H3. The molecule has 0 amide bonds. The first-order chi connectivity index (χ1) is 8.58. The van der Waals surface area contributed by atoms with Gasteiger partial charge < -0.3 is 4.74 Å². The topological polar surface area (TPSA) is 9.23 Å². The van der Waals surface area contributed by atoms with Crippen LogP contribution < -0.4 is 4.74 Å². The molecule has 4 heteroatoms. The van der Waals surface area contributed by atoms with Gasteiger partial charge in [0.2, 0.25) is 0 Å². The summed E-state index contributed by atoms with van der Waals surface area (Å²) in [6, 6.07) is 9.72. The van der Waals surface area contributed by atoms with Crippen LogP contribution in [0.3, 0.4) is 0 Å². The first-order valence-corrected chi connectivity index (χ1v) is 6.29. The van der Waals surface area contributed by atoms with E-state index in [2.05, 4.69) is 0 Å². The Labute approximate surface area is 115 Å². The highest BCUT2D eigenvalue weighted by Crippen LogP contribution is 2.29. The summed E-state index contributed by atoms with van der Waals surface area (Å²) in [7, 11) is 0. The number of hydrogen-bond acceptors (Lipinski definition) is 1. The van der Waals surface area contributed by atoms with Crippen LogP contribution in [0.15, 0.2) is 36.4 Å². The third-order valence-electron chi connectivity index (χ3n) is 2.46. The van der Waals surface area contributed by atoms with Crippen LogP contribution in [0.4, 0.5) is 4.39 Å². The van der Waals surface area contributed by atoms with Crippen molar-refractivity contribution in [2.75, 3.05) is 0 Å². The summed E-state index contributed by atoms with van der Waals surface area (Å²) in [6.45, 7) is 1.90. The molecule has 0 radical (unpaired) electrons. The van der Waals surface area contributed by atoms with E-state index in [4.69, 9.17) is 27.9 Å². The molecule has 0 aromatic heterocycles. The van der Waals surface area contributed by atoms with Crippen LogP contribution >= 0.6 is 23.2 Å². The highest BCUT2D eigenvalue weighted by Gasteiger charge is 2.05. The number of ether oxygens (including phenoxy) is 1. The minimum Gasteiger partial charge on any atom is -0.457 e. The third-order valence-corrected chi connectivity index (χ3v) is 3.01. The molecule has 0 N–H and O–H groups in total. The Hall–Kier alpha value is -1.25. The Morgan fingerprint density at radius 1 is 1.17 bits per heavy atom. The molecule has 0 saturated heterocycles. The fraction of sp³-hybridized carbons (Fsp3) is 0.143. The second-order valence-electron chi connectivity index (χ2n) is 3.94. The monoisotopic (exact) mass is 284 g/mol. The largest absolute Gasteiger partial charge is 0.457 e. The molecule has 0 aliphatic rings. The molecule has 2 aromatic rings. The van der Waals surface area contributed by atoms with Gasteiger partial charge in [0.1, 0.15) is 17.3 Å². The SMILES string of the molecule is Cc1ccc(Cl)cc1Oc1cc(F)cc(CCl)c1. The van der Waals surface area contributed by atoms with Gasteiger partial charge in [0.05, 0.1) is 0 Å². The van der Waals surface area contributed by atoms with Gasteiger partial charge in [-0.25, -0.2) is 4.39 Å². The van der Waals surface area contributed by atoms with Crippen molar-refractivity contribution < 1.29 is 9.13 Å². The van der Waals surface area contributed by atoms with E-state index < -0.39 is 0 Å². The first kappa shape index (κ1) is 13.2. The maximum Gasteiger partial charge on any atom is 0.131 e. The zero-order valence-corrected chi connectivity index (χ0v) is 11.2. The van der Waals surface area contributed by atoms with E-state index in [9.17, 15) is 4.39 Å². The van der Waals surface area contributed by atoms with E-state index >= 15 is 0 Å². The highest BCUT2D eigenvalue weighted by molar-refractivity contribution is 6.30. The predicted molar refractivity (Wildman–Crippen MR) is 72.2 cm³/mol. The van der Waals surface area contributed by atoms with Gasteiger partial charge >= 0.3 is 0 Å². The summed E-state index contributed by atoms with van der Waals surface area (Å²) in [5, 5.41) is 0.574. The molecule has 0 bridgehead atoms. The van der Waals surface area contributed by atoms with E-state index in [0.29, 0.717) is 22.1 Å². The van der Waals surface area contributed by atoms with Crippen molar-refractivity contribution in [1.82, 2.24) is 0 Å². The van der Waals surface area contributed by atoms with Gasteiger partial charge in [0, 0.05) is 17.0 Å². The number of halogens is 3. The van der Waals surface area contributed by atoms with Gasteiger partial charge in [0.25, 0.3) is 0 Å². The molecule has 0 spiro atoms. The summed E-state index contributed by atoms with van der Waals surface area (Å²) < 4.78 is 19.0. The normalized spacial score (nSPS) is 10.4. The molecule has 0 saturated carbocycles. The van der Waals surface area contributed by atoms with Crippen molar-refractivity contribution in [2.24, 2.45) is 0 Å². The van der Waals surface area contributed by atoms with Crippen molar-refractivity contribution in [3.63, 3.8) is 0 Å². The molecule has 2 rings (SSSR count). The van der Waals surface area contributed by atoms with E-state index in [1.54, 1.807) is 18.2 Å². The maximum absolute atomic E-state index is 13.3. The Bertz CT molecular complexity index is 570. The minimum absolute atomic E-state index is 0.239. The van der Waals surface area contributed by atoms with Crippen molar-refractivity contribution in [3.05, 3.63) is 58.4 Å². The Balaban J connectivity index is 2.33. The van der Waals surface area contributed by atoms with Gasteiger partial charge in [-0.2, -0.15) is 0 Å². The summed E-state index contributed by atoms with van der Waals surface area (Å²) in [4.78, 5) is 0. The Morgan fingerprint density at radius 3 is 2.67 bits per heavy atom. The van der Waals surface area contributed by atoms with Gasteiger partial charge in [-0.15, -0.1) is 11.6 Å². The zero-order chi connectivity index (χ0) is 13.1. The van der Waals surface area contributed by atoms with Crippen LogP contribution in [0.1, 0.15) is 11.1 Å². The molecule has 0 atom stereocenters. The summed E-state index contributed by atoms with van der Waals surface area (Å²) in [5.74, 6) is 0.885. The molecule has 1 nitrogen and oxygen atoms in total. The average molecular weight is 285 g/mol. The molecular formula is C14H11Cl2FO. The molecule has 2 aromatic carbocycles. The van der Waals surface area contributed by atoms with E-state index in [-0.39, 0.29) is 11.7 Å². The van der Waals surface area contributed by atoms with Crippen molar-refractivity contribution >= 4 is 23.2 Å². The molecular weight excluding hydrogens is 274 g/mol. The van der Waals surface area contributed by atoms with Gasteiger partial charge in [-0.1, -0.05) is 17.7 Å².